The maximum Gasteiger partial charge on any atom is 0.0462 e. The number of benzene rings is 1. The van der Waals surface area contributed by atoms with Gasteiger partial charge in [-0.1, -0.05) is 35.0 Å². The van der Waals surface area contributed by atoms with Crippen molar-refractivity contribution in [1.29, 1.82) is 0 Å². The van der Waals surface area contributed by atoms with Crippen molar-refractivity contribution in [3.8, 4) is 0 Å². The van der Waals surface area contributed by atoms with Crippen LogP contribution in [0.25, 0.3) is 0 Å². The lowest BCUT2D eigenvalue weighted by atomic mass is 10.0. The highest BCUT2D eigenvalue weighted by Crippen LogP contribution is 2.19. The van der Waals surface area contributed by atoms with E-state index < -0.39 is 0 Å². The predicted molar refractivity (Wildman–Crippen MR) is 76.3 cm³/mol. The second-order valence-electron chi connectivity index (χ2n) is 4.17. The van der Waals surface area contributed by atoms with Gasteiger partial charge in [0.2, 0.25) is 0 Å². The number of hydrogen-bond donors (Lipinski definition) is 1. The monoisotopic (exact) mass is 299 g/mol. The summed E-state index contributed by atoms with van der Waals surface area (Å²) in [5.74, 6) is 0. The first-order chi connectivity index (χ1) is 8.27. The number of nitrogens with one attached hydrogen (secondary N) is 1. The van der Waals surface area contributed by atoms with Crippen molar-refractivity contribution in [2.75, 3.05) is 20.3 Å². The number of halogens is 1. The SMILES string of the molecule is CCC(NCCCCOC)c1ccc(Br)cc1. The van der Waals surface area contributed by atoms with Crippen LogP contribution in [0.4, 0.5) is 0 Å². The summed E-state index contributed by atoms with van der Waals surface area (Å²) in [5, 5.41) is 3.59. The third-order valence-corrected chi connectivity index (χ3v) is 3.38. The zero-order chi connectivity index (χ0) is 12.5. The normalized spacial score (nSPS) is 12.6. The maximum absolute atomic E-state index is 5.04. The number of rotatable bonds is 8. The molecule has 96 valence electrons. The average Bonchev–Trinajstić information content (AvgIpc) is 2.35. The third kappa shape index (κ3) is 5.66. The summed E-state index contributed by atoms with van der Waals surface area (Å²) in [5.41, 5.74) is 1.36. The van der Waals surface area contributed by atoms with Gasteiger partial charge in [0.05, 0.1) is 0 Å². The lowest BCUT2D eigenvalue weighted by Gasteiger charge is -2.17. The van der Waals surface area contributed by atoms with Gasteiger partial charge in [0, 0.05) is 24.2 Å². The molecule has 0 radical (unpaired) electrons. The lowest BCUT2D eigenvalue weighted by molar-refractivity contribution is 0.192. The van der Waals surface area contributed by atoms with Crippen LogP contribution in [-0.4, -0.2) is 20.3 Å². The fraction of sp³-hybridized carbons (Fsp3) is 0.571. The van der Waals surface area contributed by atoms with Crippen LogP contribution in [0.2, 0.25) is 0 Å². The Kier molecular flexibility index (Phi) is 7.49. The van der Waals surface area contributed by atoms with Crippen LogP contribution >= 0.6 is 15.9 Å². The molecule has 2 nitrogen and oxygen atoms in total. The summed E-state index contributed by atoms with van der Waals surface area (Å²) in [6, 6.07) is 9.03. The van der Waals surface area contributed by atoms with Crippen LogP contribution in [0.15, 0.2) is 28.7 Å². The van der Waals surface area contributed by atoms with Gasteiger partial charge in [0.1, 0.15) is 0 Å². The van der Waals surface area contributed by atoms with Gasteiger partial charge in [-0.2, -0.15) is 0 Å². The highest BCUT2D eigenvalue weighted by atomic mass is 79.9. The number of methoxy groups -OCH3 is 1. The van der Waals surface area contributed by atoms with E-state index in [2.05, 4.69) is 52.4 Å². The molecule has 0 aliphatic rings. The maximum atomic E-state index is 5.04. The molecule has 1 aromatic rings. The van der Waals surface area contributed by atoms with Crippen molar-refractivity contribution in [3.63, 3.8) is 0 Å². The van der Waals surface area contributed by atoms with E-state index in [0.29, 0.717) is 6.04 Å². The molecular weight excluding hydrogens is 278 g/mol. The second-order valence-corrected chi connectivity index (χ2v) is 5.08. The first kappa shape index (κ1) is 14.7. The van der Waals surface area contributed by atoms with E-state index in [4.69, 9.17) is 4.74 Å². The Balaban J connectivity index is 2.35. The molecule has 0 amide bonds. The molecule has 0 aliphatic heterocycles. The minimum Gasteiger partial charge on any atom is -0.385 e. The second kappa shape index (κ2) is 8.67. The van der Waals surface area contributed by atoms with Gasteiger partial charge in [-0.15, -0.1) is 0 Å². The van der Waals surface area contributed by atoms with E-state index in [1.165, 1.54) is 12.0 Å². The van der Waals surface area contributed by atoms with Crippen LogP contribution in [-0.2, 0) is 4.74 Å². The van der Waals surface area contributed by atoms with Gasteiger partial charge in [-0.25, -0.2) is 0 Å². The van der Waals surface area contributed by atoms with Gasteiger partial charge in [0.25, 0.3) is 0 Å². The number of ether oxygens (including phenoxy) is 1. The smallest absolute Gasteiger partial charge is 0.0462 e. The topological polar surface area (TPSA) is 21.3 Å². The van der Waals surface area contributed by atoms with Gasteiger partial charge < -0.3 is 10.1 Å². The summed E-state index contributed by atoms with van der Waals surface area (Å²) in [6.07, 6.45) is 3.41. The first-order valence-electron chi connectivity index (χ1n) is 6.25. The van der Waals surface area contributed by atoms with Crippen molar-refractivity contribution in [1.82, 2.24) is 5.32 Å². The highest BCUT2D eigenvalue weighted by Gasteiger charge is 2.07. The quantitative estimate of drug-likeness (QED) is 0.735. The van der Waals surface area contributed by atoms with E-state index >= 15 is 0 Å². The Hall–Kier alpha value is -0.380. The molecule has 1 aromatic carbocycles. The minimum absolute atomic E-state index is 0.464. The Morgan fingerprint density at radius 1 is 1.24 bits per heavy atom. The van der Waals surface area contributed by atoms with Crippen molar-refractivity contribution in [2.24, 2.45) is 0 Å². The molecule has 1 rings (SSSR count). The molecular formula is C14H22BrNO. The van der Waals surface area contributed by atoms with E-state index in [1.807, 2.05) is 0 Å². The van der Waals surface area contributed by atoms with Gasteiger partial charge in [-0.3, -0.25) is 0 Å². The standard InChI is InChI=1S/C14H22BrNO/c1-3-14(16-10-4-5-11-17-2)12-6-8-13(15)9-7-12/h6-9,14,16H,3-5,10-11H2,1-2H3. The summed E-state index contributed by atoms with van der Waals surface area (Å²) in [7, 11) is 1.75. The molecule has 0 saturated heterocycles. The van der Waals surface area contributed by atoms with Crippen molar-refractivity contribution in [3.05, 3.63) is 34.3 Å². The number of hydrogen-bond acceptors (Lipinski definition) is 2. The predicted octanol–water partition coefficient (Wildman–Crippen LogP) is 3.92. The highest BCUT2D eigenvalue weighted by molar-refractivity contribution is 9.10. The molecule has 0 heterocycles. The average molecular weight is 300 g/mol. The zero-order valence-corrected chi connectivity index (χ0v) is 12.3. The van der Waals surface area contributed by atoms with E-state index in [-0.39, 0.29) is 0 Å². The molecule has 0 fully saturated rings. The van der Waals surface area contributed by atoms with Crippen LogP contribution in [0.5, 0.6) is 0 Å². The van der Waals surface area contributed by atoms with Crippen LogP contribution in [0, 0.1) is 0 Å². The molecule has 1 unspecified atom stereocenters. The Morgan fingerprint density at radius 3 is 2.53 bits per heavy atom. The summed E-state index contributed by atoms with van der Waals surface area (Å²) in [6.45, 7) is 4.13. The molecule has 0 bridgehead atoms. The fourth-order valence-corrected chi connectivity index (χ4v) is 2.11. The first-order valence-corrected chi connectivity index (χ1v) is 7.05. The van der Waals surface area contributed by atoms with E-state index in [9.17, 15) is 0 Å². The summed E-state index contributed by atoms with van der Waals surface area (Å²) < 4.78 is 6.18. The molecule has 0 spiro atoms. The third-order valence-electron chi connectivity index (χ3n) is 2.85. The Bertz CT molecular complexity index is 300. The van der Waals surface area contributed by atoms with E-state index in [1.54, 1.807) is 7.11 Å². The molecule has 17 heavy (non-hydrogen) atoms. The van der Waals surface area contributed by atoms with Crippen molar-refractivity contribution in [2.45, 2.75) is 32.2 Å². The van der Waals surface area contributed by atoms with E-state index in [0.717, 1.165) is 30.5 Å². The Morgan fingerprint density at radius 2 is 1.94 bits per heavy atom. The molecule has 0 saturated carbocycles. The van der Waals surface area contributed by atoms with Crippen molar-refractivity contribution < 1.29 is 4.74 Å². The van der Waals surface area contributed by atoms with Gasteiger partial charge in [0.15, 0.2) is 0 Å². The molecule has 0 aliphatic carbocycles. The summed E-state index contributed by atoms with van der Waals surface area (Å²) >= 11 is 3.46. The largest absolute Gasteiger partial charge is 0.385 e. The van der Waals surface area contributed by atoms with Crippen LogP contribution in [0.1, 0.15) is 37.8 Å². The molecule has 0 aromatic heterocycles. The van der Waals surface area contributed by atoms with Gasteiger partial charge in [-0.05, 0) is 43.5 Å². The molecule has 3 heteroatoms. The summed E-state index contributed by atoms with van der Waals surface area (Å²) in [4.78, 5) is 0. The van der Waals surface area contributed by atoms with Crippen LogP contribution in [0.3, 0.4) is 0 Å². The minimum atomic E-state index is 0.464. The lowest BCUT2D eigenvalue weighted by Crippen LogP contribution is -2.22. The number of unbranched alkanes of at least 4 members (excludes halogenated alkanes) is 1. The zero-order valence-electron chi connectivity index (χ0n) is 10.7. The molecule has 1 atom stereocenters. The Labute approximate surface area is 113 Å². The molecule has 1 N–H and O–H groups in total. The van der Waals surface area contributed by atoms with Gasteiger partial charge >= 0.3 is 0 Å². The van der Waals surface area contributed by atoms with Crippen LogP contribution < -0.4 is 5.32 Å². The fourth-order valence-electron chi connectivity index (χ4n) is 1.84. The van der Waals surface area contributed by atoms with Crippen molar-refractivity contribution >= 4 is 15.9 Å².